The Morgan fingerprint density at radius 1 is 1.17 bits per heavy atom. The van der Waals surface area contributed by atoms with Crippen LogP contribution in [0.4, 0.5) is 17.6 Å². The van der Waals surface area contributed by atoms with Crippen molar-refractivity contribution in [2.45, 2.75) is 37.5 Å². The van der Waals surface area contributed by atoms with Crippen LogP contribution in [0.15, 0.2) is 18.2 Å². The highest BCUT2D eigenvalue weighted by Gasteiger charge is 2.59. The van der Waals surface area contributed by atoms with Crippen molar-refractivity contribution in [3.63, 3.8) is 0 Å². The second kappa shape index (κ2) is 7.48. The smallest absolute Gasteiger partial charge is 0.424 e. The average Bonchev–Trinajstić information content (AvgIpc) is 2.50. The van der Waals surface area contributed by atoms with Crippen LogP contribution >= 0.6 is 0 Å². The van der Waals surface area contributed by atoms with Gasteiger partial charge in [0.1, 0.15) is 18.4 Å². The first-order valence-corrected chi connectivity index (χ1v) is 7.03. The van der Waals surface area contributed by atoms with Gasteiger partial charge in [-0.2, -0.15) is 13.2 Å². The molecule has 0 aliphatic heterocycles. The van der Waals surface area contributed by atoms with Gasteiger partial charge in [0.25, 0.3) is 0 Å². The highest BCUT2D eigenvalue weighted by molar-refractivity contribution is 5.65. The zero-order chi connectivity index (χ0) is 18.6. The van der Waals surface area contributed by atoms with Crippen molar-refractivity contribution >= 4 is 6.29 Å². The molecule has 0 amide bonds. The van der Waals surface area contributed by atoms with Crippen LogP contribution in [0.2, 0.25) is 0 Å². The predicted molar refractivity (Wildman–Crippen MR) is 78.4 cm³/mol. The maximum Gasteiger partial charge on any atom is 0.424 e. The zero-order valence-corrected chi connectivity index (χ0v) is 13.9. The topological polar surface area (TPSA) is 44.8 Å². The fourth-order valence-corrected chi connectivity index (χ4v) is 2.50. The largest absolute Gasteiger partial charge is 0.496 e. The Morgan fingerprint density at radius 3 is 2.25 bits per heavy atom. The predicted octanol–water partition coefficient (Wildman–Crippen LogP) is 3.62. The summed E-state index contributed by atoms with van der Waals surface area (Å²) in [5.74, 6) is -0.407. The summed E-state index contributed by atoms with van der Waals surface area (Å²) in [4.78, 5) is 11.3. The van der Waals surface area contributed by atoms with E-state index >= 15 is 0 Å². The maximum atomic E-state index is 13.6. The molecule has 0 heterocycles. The maximum absolute atomic E-state index is 13.6. The van der Waals surface area contributed by atoms with Crippen LogP contribution in [-0.2, 0) is 19.7 Å². The number of carbonyl (C=O) groups excluding carboxylic acids is 1. The van der Waals surface area contributed by atoms with Crippen molar-refractivity contribution in [3.8, 4) is 5.75 Å². The molecule has 1 atom stereocenters. The van der Waals surface area contributed by atoms with Gasteiger partial charge in [0.2, 0.25) is 5.60 Å². The van der Waals surface area contributed by atoms with E-state index in [0.29, 0.717) is 0 Å². The van der Waals surface area contributed by atoms with Crippen LogP contribution in [0.1, 0.15) is 25.8 Å². The lowest BCUT2D eigenvalue weighted by molar-refractivity contribution is -0.283. The highest BCUT2D eigenvalue weighted by Crippen LogP contribution is 2.44. The van der Waals surface area contributed by atoms with Crippen LogP contribution in [0.5, 0.6) is 5.75 Å². The average molecular weight is 352 g/mol. The fraction of sp³-hybridized carbons (Fsp3) is 0.562. The number of hydrogen-bond acceptors (Lipinski definition) is 4. The summed E-state index contributed by atoms with van der Waals surface area (Å²) in [5, 5.41) is 0. The van der Waals surface area contributed by atoms with E-state index in [0.717, 1.165) is 19.2 Å². The number of alkyl halides is 3. The summed E-state index contributed by atoms with van der Waals surface area (Å²) in [6, 6.07) is 3.54. The van der Waals surface area contributed by atoms with Crippen LogP contribution in [0.25, 0.3) is 0 Å². The molecule has 0 fully saturated rings. The highest BCUT2D eigenvalue weighted by atomic mass is 19.4. The molecule has 0 saturated carbocycles. The Kier molecular flexibility index (Phi) is 6.35. The van der Waals surface area contributed by atoms with Crippen LogP contribution in [-0.4, -0.2) is 39.1 Å². The number of carbonyl (C=O) groups is 1. The van der Waals surface area contributed by atoms with Gasteiger partial charge in [-0.1, -0.05) is 13.8 Å². The second-order valence-corrected chi connectivity index (χ2v) is 5.96. The number of aldehydes is 1. The third kappa shape index (κ3) is 4.24. The van der Waals surface area contributed by atoms with E-state index in [1.807, 2.05) is 0 Å². The zero-order valence-electron chi connectivity index (χ0n) is 13.9. The van der Waals surface area contributed by atoms with E-state index in [-0.39, 0.29) is 17.6 Å². The van der Waals surface area contributed by atoms with Gasteiger partial charge in [-0.15, -0.1) is 0 Å². The summed E-state index contributed by atoms with van der Waals surface area (Å²) < 4.78 is 68.4. The van der Waals surface area contributed by atoms with Crippen molar-refractivity contribution in [3.05, 3.63) is 29.6 Å². The van der Waals surface area contributed by atoms with Crippen molar-refractivity contribution < 1.29 is 36.6 Å². The van der Waals surface area contributed by atoms with E-state index < -0.39 is 36.2 Å². The molecular weight excluding hydrogens is 332 g/mol. The molecular formula is C16H20F4O4. The molecule has 0 aliphatic rings. The number of hydrogen-bond donors (Lipinski definition) is 0. The number of ether oxygens (including phenoxy) is 3. The molecule has 24 heavy (non-hydrogen) atoms. The summed E-state index contributed by atoms with van der Waals surface area (Å²) in [5.41, 5.74) is -4.16. The number of halogens is 4. The summed E-state index contributed by atoms with van der Waals surface area (Å²) in [7, 11) is 2.47. The monoisotopic (exact) mass is 352 g/mol. The minimum atomic E-state index is -4.97. The van der Waals surface area contributed by atoms with Gasteiger partial charge in [0.05, 0.1) is 7.11 Å². The Hall–Kier alpha value is -1.67. The summed E-state index contributed by atoms with van der Waals surface area (Å²) in [6.07, 6.45) is -6.03. The SMILES string of the molecule is COCOC(C=O)(CC(C)(C)c1cc(F)ccc1OC)C(F)(F)F. The Bertz CT molecular complexity index is 572. The van der Waals surface area contributed by atoms with E-state index in [1.54, 1.807) is 0 Å². The molecule has 0 N–H and O–H groups in total. The van der Waals surface area contributed by atoms with Gasteiger partial charge in [0.15, 0.2) is 6.29 Å². The molecule has 1 aromatic carbocycles. The third-order valence-corrected chi connectivity index (χ3v) is 3.70. The Labute approximate surface area is 137 Å². The first-order valence-electron chi connectivity index (χ1n) is 7.03. The first-order chi connectivity index (χ1) is 11.0. The van der Waals surface area contributed by atoms with Crippen molar-refractivity contribution in [2.75, 3.05) is 21.0 Å². The molecule has 0 radical (unpaired) electrons. The van der Waals surface area contributed by atoms with E-state index in [2.05, 4.69) is 4.74 Å². The molecule has 4 nitrogen and oxygen atoms in total. The minimum absolute atomic E-state index is 0.196. The lowest BCUT2D eigenvalue weighted by atomic mass is 9.74. The van der Waals surface area contributed by atoms with Crippen LogP contribution in [0, 0.1) is 5.82 Å². The van der Waals surface area contributed by atoms with Crippen molar-refractivity contribution in [1.29, 1.82) is 0 Å². The molecule has 136 valence electrons. The Morgan fingerprint density at radius 2 is 1.79 bits per heavy atom. The van der Waals surface area contributed by atoms with E-state index in [4.69, 9.17) is 9.47 Å². The van der Waals surface area contributed by atoms with E-state index in [1.165, 1.54) is 27.0 Å². The third-order valence-electron chi connectivity index (χ3n) is 3.70. The Balaban J connectivity index is 3.34. The lowest BCUT2D eigenvalue weighted by Crippen LogP contribution is -2.53. The van der Waals surface area contributed by atoms with Gasteiger partial charge in [-0.3, -0.25) is 4.79 Å². The van der Waals surface area contributed by atoms with Crippen molar-refractivity contribution in [2.24, 2.45) is 0 Å². The molecule has 0 saturated heterocycles. The molecule has 1 rings (SSSR count). The van der Waals surface area contributed by atoms with Crippen LogP contribution < -0.4 is 4.74 Å². The van der Waals surface area contributed by atoms with E-state index in [9.17, 15) is 22.4 Å². The lowest BCUT2D eigenvalue weighted by Gasteiger charge is -2.37. The minimum Gasteiger partial charge on any atom is -0.496 e. The molecule has 8 heteroatoms. The van der Waals surface area contributed by atoms with Crippen LogP contribution in [0.3, 0.4) is 0 Å². The molecule has 0 aromatic heterocycles. The number of rotatable bonds is 8. The molecule has 1 unspecified atom stereocenters. The first kappa shape index (κ1) is 20.4. The standard InChI is InChI=1S/C16H20F4O4/c1-14(2,12-7-11(17)5-6-13(12)23-4)8-15(9-21,16(18,19)20)24-10-22-3/h5-7,9H,8,10H2,1-4H3. The number of methoxy groups -OCH3 is 2. The molecule has 0 aliphatic carbocycles. The fourth-order valence-electron chi connectivity index (χ4n) is 2.50. The van der Waals surface area contributed by atoms with Gasteiger partial charge >= 0.3 is 6.18 Å². The van der Waals surface area contributed by atoms with Gasteiger partial charge in [-0.25, -0.2) is 4.39 Å². The summed E-state index contributed by atoms with van der Waals surface area (Å²) in [6.45, 7) is 2.18. The molecule has 0 bridgehead atoms. The second-order valence-electron chi connectivity index (χ2n) is 5.96. The summed E-state index contributed by atoms with van der Waals surface area (Å²) >= 11 is 0. The van der Waals surface area contributed by atoms with Gasteiger partial charge in [0, 0.05) is 19.1 Å². The van der Waals surface area contributed by atoms with Crippen molar-refractivity contribution in [1.82, 2.24) is 0 Å². The molecule has 0 spiro atoms. The van der Waals surface area contributed by atoms with Gasteiger partial charge < -0.3 is 14.2 Å². The normalized spacial score (nSPS) is 15.0. The number of benzene rings is 1. The quantitative estimate of drug-likeness (QED) is 0.407. The molecule has 1 aromatic rings. The van der Waals surface area contributed by atoms with Gasteiger partial charge in [-0.05, 0) is 23.6 Å².